The van der Waals surface area contributed by atoms with Crippen LogP contribution in [0.2, 0.25) is 0 Å². The number of benzene rings is 1. The Hall–Kier alpha value is -2.08. The van der Waals surface area contributed by atoms with Crippen LogP contribution in [0.25, 0.3) is 0 Å². The largest absolute Gasteiger partial charge is 0.507 e. The summed E-state index contributed by atoms with van der Waals surface area (Å²) < 4.78 is 0. The Kier molecular flexibility index (Phi) is 3.94. The molecule has 2 atom stereocenters. The topological polar surface area (TPSA) is 89.9 Å². The minimum absolute atomic E-state index is 0.0502. The molecule has 1 aromatic carbocycles. The highest BCUT2D eigenvalue weighted by Gasteiger charge is 2.32. The number of hydrogen-bond acceptors (Lipinski definition) is 5. The Morgan fingerprint density at radius 3 is 2.70 bits per heavy atom. The van der Waals surface area contributed by atoms with Crippen LogP contribution in [0.4, 0.5) is 5.69 Å². The number of phenols is 1. The number of carbonyl (C=O) groups is 2. The van der Waals surface area contributed by atoms with Gasteiger partial charge in [0.05, 0.1) is 12.6 Å². The molecule has 3 N–H and O–H groups in total. The van der Waals surface area contributed by atoms with Gasteiger partial charge in [-0.15, -0.1) is 0 Å². The standard InChI is InChI=1S/C14H18N2O4/c1-3-11-14(20)15-13(19)7-16(11)9-4-5-10(8(2)17)12(18)6-9/h4-6,8,11,17-18H,3,7H2,1-2H3,(H,15,19,20). The molecule has 0 aromatic heterocycles. The zero-order valence-electron chi connectivity index (χ0n) is 11.5. The molecule has 0 saturated carbocycles. The molecule has 0 radical (unpaired) electrons. The van der Waals surface area contributed by atoms with Crippen molar-refractivity contribution in [3.8, 4) is 5.75 Å². The normalized spacial score (nSPS) is 20.8. The van der Waals surface area contributed by atoms with Crippen molar-refractivity contribution in [2.45, 2.75) is 32.4 Å². The van der Waals surface area contributed by atoms with E-state index in [0.29, 0.717) is 17.7 Å². The molecular formula is C14H18N2O4. The fourth-order valence-electron chi connectivity index (χ4n) is 2.41. The van der Waals surface area contributed by atoms with Crippen molar-refractivity contribution in [3.05, 3.63) is 23.8 Å². The maximum Gasteiger partial charge on any atom is 0.249 e. The Balaban J connectivity index is 2.36. The quantitative estimate of drug-likeness (QED) is 0.708. The molecule has 1 aliphatic heterocycles. The predicted octanol–water partition coefficient (Wildman–Crippen LogP) is 0.687. The predicted molar refractivity (Wildman–Crippen MR) is 73.3 cm³/mol. The number of nitrogens with one attached hydrogen (secondary N) is 1. The summed E-state index contributed by atoms with van der Waals surface area (Å²) in [5.41, 5.74) is 0.997. The van der Waals surface area contributed by atoms with Crippen molar-refractivity contribution >= 4 is 17.5 Å². The van der Waals surface area contributed by atoms with E-state index in [1.807, 2.05) is 6.92 Å². The van der Waals surface area contributed by atoms with Crippen molar-refractivity contribution in [2.75, 3.05) is 11.4 Å². The number of amides is 2. The molecule has 2 rings (SSSR count). The zero-order chi connectivity index (χ0) is 14.9. The van der Waals surface area contributed by atoms with Crippen LogP contribution in [0.3, 0.4) is 0 Å². The van der Waals surface area contributed by atoms with Gasteiger partial charge < -0.3 is 15.1 Å². The molecule has 0 bridgehead atoms. The van der Waals surface area contributed by atoms with E-state index >= 15 is 0 Å². The third-order valence-corrected chi connectivity index (χ3v) is 3.44. The maximum absolute atomic E-state index is 11.8. The third kappa shape index (κ3) is 2.60. The minimum Gasteiger partial charge on any atom is -0.507 e. The van der Waals surface area contributed by atoms with Gasteiger partial charge in [-0.3, -0.25) is 14.9 Å². The Labute approximate surface area is 117 Å². The van der Waals surface area contributed by atoms with Gasteiger partial charge in [0.15, 0.2) is 0 Å². The summed E-state index contributed by atoms with van der Waals surface area (Å²) >= 11 is 0. The van der Waals surface area contributed by atoms with Crippen molar-refractivity contribution in [2.24, 2.45) is 0 Å². The monoisotopic (exact) mass is 278 g/mol. The Morgan fingerprint density at radius 2 is 2.15 bits per heavy atom. The molecule has 0 spiro atoms. The summed E-state index contributed by atoms with van der Waals surface area (Å²) in [5.74, 6) is -0.743. The van der Waals surface area contributed by atoms with E-state index in [1.165, 1.54) is 6.07 Å². The second kappa shape index (κ2) is 5.50. The molecule has 1 saturated heterocycles. The molecule has 6 nitrogen and oxygen atoms in total. The number of nitrogens with zero attached hydrogens (tertiary/aromatic N) is 1. The molecule has 1 aliphatic rings. The van der Waals surface area contributed by atoms with Gasteiger partial charge in [0, 0.05) is 17.3 Å². The van der Waals surface area contributed by atoms with Gasteiger partial charge in [-0.25, -0.2) is 0 Å². The molecule has 1 heterocycles. The van der Waals surface area contributed by atoms with Gasteiger partial charge >= 0.3 is 0 Å². The molecule has 108 valence electrons. The number of rotatable bonds is 3. The number of aromatic hydroxyl groups is 1. The fraction of sp³-hybridized carbons (Fsp3) is 0.429. The number of piperazine rings is 1. The van der Waals surface area contributed by atoms with E-state index in [9.17, 15) is 19.8 Å². The van der Waals surface area contributed by atoms with E-state index in [1.54, 1.807) is 24.0 Å². The molecule has 6 heteroatoms. The van der Waals surface area contributed by atoms with Crippen LogP contribution >= 0.6 is 0 Å². The summed E-state index contributed by atoms with van der Waals surface area (Å²) in [4.78, 5) is 25.0. The lowest BCUT2D eigenvalue weighted by atomic mass is 10.1. The van der Waals surface area contributed by atoms with Crippen LogP contribution in [-0.2, 0) is 9.59 Å². The Morgan fingerprint density at radius 1 is 1.45 bits per heavy atom. The molecule has 2 unspecified atom stereocenters. The average molecular weight is 278 g/mol. The summed E-state index contributed by atoms with van der Waals surface area (Å²) in [6, 6.07) is 4.32. The van der Waals surface area contributed by atoms with Crippen molar-refractivity contribution < 1.29 is 19.8 Å². The highest BCUT2D eigenvalue weighted by Crippen LogP contribution is 2.30. The lowest BCUT2D eigenvalue weighted by Gasteiger charge is -2.35. The van der Waals surface area contributed by atoms with Gasteiger partial charge in [-0.05, 0) is 19.4 Å². The van der Waals surface area contributed by atoms with Crippen molar-refractivity contribution in [1.29, 1.82) is 0 Å². The summed E-state index contributed by atoms with van der Waals surface area (Å²) in [5, 5.41) is 21.7. The average Bonchev–Trinajstić information content (AvgIpc) is 2.37. The number of phenolic OH excluding ortho intramolecular Hbond substituents is 1. The highest BCUT2D eigenvalue weighted by atomic mass is 16.3. The molecule has 1 fully saturated rings. The lowest BCUT2D eigenvalue weighted by molar-refractivity contribution is -0.132. The van der Waals surface area contributed by atoms with Crippen LogP contribution in [-0.4, -0.2) is 34.6 Å². The first-order valence-corrected chi connectivity index (χ1v) is 6.55. The molecule has 1 aromatic rings. The van der Waals surface area contributed by atoms with Crippen LogP contribution in [0.5, 0.6) is 5.75 Å². The molecule has 0 aliphatic carbocycles. The van der Waals surface area contributed by atoms with E-state index in [4.69, 9.17) is 0 Å². The Bertz CT molecular complexity index is 542. The highest BCUT2D eigenvalue weighted by molar-refractivity contribution is 6.04. The smallest absolute Gasteiger partial charge is 0.249 e. The summed E-state index contributed by atoms with van der Waals surface area (Å²) in [6.45, 7) is 3.48. The second-order valence-corrected chi connectivity index (χ2v) is 4.88. The van der Waals surface area contributed by atoms with Crippen LogP contribution in [0.15, 0.2) is 18.2 Å². The first kappa shape index (κ1) is 14.3. The van der Waals surface area contributed by atoms with Crippen molar-refractivity contribution in [1.82, 2.24) is 5.32 Å². The van der Waals surface area contributed by atoms with E-state index in [-0.39, 0.29) is 24.1 Å². The van der Waals surface area contributed by atoms with E-state index < -0.39 is 12.1 Å². The first-order valence-electron chi connectivity index (χ1n) is 6.55. The third-order valence-electron chi connectivity index (χ3n) is 3.44. The number of aliphatic hydroxyl groups excluding tert-OH is 1. The van der Waals surface area contributed by atoms with Gasteiger partial charge in [-0.2, -0.15) is 0 Å². The lowest BCUT2D eigenvalue weighted by Crippen LogP contribution is -2.58. The van der Waals surface area contributed by atoms with Gasteiger partial charge in [0.25, 0.3) is 0 Å². The number of hydrogen-bond donors (Lipinski definition) is 3. The summed E-state index contributed by atoms with van der Waals surface area (Å²) in [7, 11) is 0. The van der Waals surface area contributed by atoms with E-state index in [2.05, 4.69) is 5.32 Å². The van der Waals surface area contributed by atoms with Crippen LogP contribution in [0, 0.1) is 0 Å². The zero-order valence-corrected chi connectivity index (χ0v) is 11.5. The number of anilines is 1. The van der Waals surface area contributed by atoms with Crippen molar-refractivity contribution in [3.63, 3.8) is 0 Å². The number of aliphatic hydroxyl groups is 1. The molecule has 20 heavy (non-hydrogen) atoms. The SMILES string of the molecule is CCC1C(=O)NC(=O)CN1c1ccc(C(C)O)c(O)c1. The number of imide groups is 1. The van der Waals surface area contributed by atoms with Gasteiger partial charge in [0.2, 0.25) is 11.8 Å². The fourth-order valence-corrected chi connectivity index (χ4v) is 2.41. The number of carbonyl (C=O) groups excluding carboxylic acids is 2. The van der Waals surface area contributed by atoms with Crippen LogP contribution < -0.4 is 10.2 Å². The molecule has 2 amide bonds. The minimum atomic E-state index is -0.780. The first-order chi connectivity index (χ1) is 9.43. The summed E-state index contributed by atoms with van der Waals surface area (Å²) in [6.07, 6.45) is -0.227. The molecular weight excluding hydrogens is 260 g/mol. The van der Waals surface area contributed by atoms with Gasteiger partial charge in [0.1, 0.15) is 11.8 Å². The maximum atomic E-state index is 11.8. The van der Waals surface area contributed by atoms with Crippen LogP contribution in [0.1, 0.15) is 31.9 Å². The van der Waals surface area contributed by atoms with E-state index in [0.717, 1.165) is 0 Å². The second-order valence-electron chi connectivity index (χ2n) is 4.88. The van der Waals surface area contributed by atoms with Gasteiger partial charge in [-0.1, -0.05) is 13.0 Å².